The van der Waals surface area contributed by atoms with Crippen molar-refractivity contribution in [3.8, 4) is 11.1 Å². The monoisotopic (exact) mass is 470 g/mol. The van der Waals surface area contributed by atoms with Crippen molar-refractivity contribution in [3.63, 3.8) is 0 Å². The molecule has 0 fully saturated rings. The van der Waals surface area contributed by atoms with E-state index >= 15 is 0 Å². The van der Waals surface area contributed by atoms with Gasteiger partial charge in [-0.2, -0.15) is 0 Å². The summed E-state index contributed by atoms with van der Waals surface area (Å²) >= 11 is 0. The van der Waals surface area contributed by atoms with Gasteiger partial charge in [0.1, 0.15) is 6.61 Å². The molecule has 1 aliphatic carbocycles. The Hall–Kier alpha value is -4.39. The van der Waals surface area contributed by atoms with Gasteiger partial charge in [0.2, 0.25) is 0 Å². The molecule has 0 saturated heterocycles. The molecule has 35 heavy (non-hydrogen) atoms. The summed E-state index contributed by atoms with van der Waals surface area (Å²) in [6, 6.07) is 21.2. The Kier molecular flexibility index (Phi) is 6.96. The molecule has 178 valence electrons. The van der Waals surface area contributed by atoms with E-state index in [1.54, 1.807) is 18.2 Å². The van der Waals surface area contributed by atoms with Crippen LogP contribution in [0.25, 0.3) is 11.1 Å². The fraction of sp³-hybridized carbons (Fsp3) is 0.179. The molecule has 0 bridgehead atoms. The largest absolute Gasteiger partial charge is 0.478 e. The molecule has 0 aliphatic heterocycles. The highest BCUT2D eigenvalue weighted by Crippen LogP contribution is 2.44. The van der Waals surface area contributed by atoms with Gasteiger partial charge in [-0.05, 0) is 48.2 Å². The van der Waals surface area contributed by atoms with Crippen LogP contribution in [0.4, 0.5) is 10.5 Å². The second kappa shape index (κ2) is 10.3. The number of fused-ring (bicyclic) bond motifs is 3. The van der Waals surface area contributed by atoms with E-state index in [2.05, 4.69) is 22.8 Å². The number of amides is 2. The summed E-state index contributed by atoms with van der Waals surface area (Å²) in [5.41, 5.74) is 6.05. The maximum absolute atomic E-state index is 12.7. The van der Waals surface area contributed by atoms with Crippen LogP contribution >= 0.6 is 0 Å². The van der Waals surface area contributed by atoms with Crippen molar-refractivity contribution < 1.29 is 24.2 Å². The zero-order valence-corrected chi connectivity index (χ0v) is 19.5. The number of hydrogen-bond donors (Lipinski definition) is 3. The summed E-state index contributed by atoms with van der Waals surface area (Å²) in [7, 11) is 0. The van der Waals surface area contributed by atoms with Crippen LogP contribution in [0, 0.1) is 6.92 Å². The Morgan fingerprint density at radius 2 is 1.60 bits per heavy atom. The van der Waals surface area contributed by atoms with E-state index in [0.29, 0.717) is 5.69 Å². The van der Waals surface area contributed by atoms with Gasteiger partial charge in [0.25, 0.3) is 5.91 Å². The van der Waals surface area contributed by atoms with Crippen LogP contribution in [-0.2, 0) is 9.53 Å². The number of carbonyl (C=O) groups is 3. The Labute approximate surface area is 203 Å². The first-order valence-electron chi connectivity index (χ1n) is 11.3. The van der Waals surface area contributed by atoms with E-state index in [4.69, 9.17) is 9.84 Å². The number of aryl methyl sites for hydroxylation is 1. The number of benzene rings is 3. The molecule has 0 spiro atoms. The highest BCUT2D eigenvalue weighted by atomic mass is 16.5. The highest BCUT2D eigenvalue weighted by molar-refractivity contribution is 6.03. The van der Waals surface area contributed by atoms with E-state index in [9.17, 15) is 14.4 Å². The first kappa shape index (κ1) is 23.8. The minimum atomic E-state index is -1.05. The molecule has 3 N–H and O–H groups in total. The number of aliphatic carboxylic acids is 1. The molecular formula is C28H26N2O5. The lowest BCUT2D eigenvalue weighted by molar-refractivity contribution is -0.132. The summed E-state index contributed by atoms with van der Waals surface area (Å²) in [6.45, 7) is 3.50. The van der Waals surface area contributed by atoms with Crippen LogP contribution in [0.1, 0.15) is 39.9 Å². The van der Waals surface area contributed by atoms with Crippen LogP contribution in [0.5, 0.6) is 0 Å². The van der Waals surface area contributed by atoms with Gasteiger partial charge < -0.3 is 15.2 Å². The molecule has 0 unspecified atom stereocenters. The van der Waals surface area contributed by atoms with E-state index in [1.807, 2.05) is 43.3 Å². The molecule has 0 heterocycles. The van der Waals surface area contributed by atoms with Gasteiger partial charge in [-0.15, -0.1) is 0 Å². The Balaban J connectivity index is 1.44. The highest BCUT2D eigenvalue weighted by Gasteiger charge is 2.29. The molecule has 1 aliphatic rings. The molecule has 7 nitrogen and oxygen atoms in total. The molecule has 4 rings (SSSR count). The SMILES string of the molecule is C/C(=C\CNC(=O)c1cc(C)ccc1NC(=O)OCC1c2ccccc2-c2ccccc21)C(=O)O. The maximum Gasteiger partial charge on any atom is 0.411 e. The van der Waals surface area contributed by atoms with E-state index in [1.165, 1.54) is 13.0 Å². The van der Waals surface area contributed by atoms with Gasteiger partial charge in [-0.25, -0.2) is 9.59 Å². The van der Waals surface area contributed by atoms with Crippen LogP contribution in [0.2, 0.25) is 0 Å². The van der Waals surface area contributed by atoms with Crippen LogP contribution in [0.3, 0.4) is 0 Å². The number of carboxylic acid groups (broad SMARTS) is 1. The summed E-state index contributed by atoms with van der Waals surface area (Å²) in [6.07, 6.45) is 0.751. The van der Waals surface area contributed by atoms with Crippen LogP contribution in [0.15, 0.2) is 78.4 Å². The number of anilines is 1. The molecule has 2 amide bonds. The quantitative estimate of drug-likeness (QED) is 0.416. The third-order valence-electron chi connectivity index (χ3n) is 6.01. The second-order valence-corrected chi connectivity index (χ2v) is 8.40. The molecule has 0 atom stereocenters. The molecule has 3 aromatic rings. The zero-order chi connectivity index (χ0) is 24.9. The number of nitrogens with one attached hydrogen (secondary N) is 2. The second-order valence-electron chi connectivity index (χ2n) is 8.40. The number of ether oxygens (including phenoxy) is 1. The van der Waals surface area contributed by atoms with Crippen LogP contribution in [-0.4, -0.2) is 36.2 Å². The van der Waals surface area contributed by atoms with Gasteiger partial charge in [0.05, 0.1) is 11.3 Å². The van der Waals surface area contributed by atoms with E-state index in [-0.39, 0.29) is 30.2 Å². The summed E-state index contributed by atoms with van der Waals surface area (Å²) in [5, 5.41) is 14.3. The first-order chi connectivity index (χ1) is 16.8. The third kappa shape index (κ3) is 5.24. The van der Waals surface area contributed by atoms with Gasteiger partial charge in [-0.3, -0.25) is 10.1 Å². The number of carbonyl (C=O) groups excluding carboxylic acids is 2. The van der Waals surface area contributed by atoms with Crippen molar-refractivity contribution in [2.75, 3.05) is 18.5 Å². The number of carboxylic acids is 1. The zero-order valence-electron chi connectivity index (χ0n) is 19.5. The first-order valence-corrected chi connectivity index (χ1v) is 11.3. The minimum absolute atomic E-state index is 0.0509. The van der Waals surface area contributed by atoms with E-state index < -0.39 is 18.0 Å². The number of rotatable bonds is 7. The predicted molar refractivity (Wildman–Crippen MR) is 134 cm³/mol. The maximum atomic E-state index is 12.7. The van der Waals surface area contributed by atoms with Gasteiger partial charge in [0.15, 0.2) is 0 Å². The minimum Gasteiger partial charge on any atom is -0.478 e. The molecule has 0 saturated carbocycles. The topological polar surface area (TPSA) is 105 Å². The Morgan fingerprint density at radius 3 is 2.23 bits per heavy atom. The summed E-state index contributed by atoms with van der Waals surface area (Å²) in [4.78, 5) is 36.3. The fourth-order valence-corrected chi connectivity index (χ4v) is 4.18. The predicted octanol–water partition coefficient (Wildman–Crippen LogP) is 5.12. The average molecular weight is 471 g/mol. The van der Waals surface area contributed by atoms with Crippen molar-refractivity contribution in [3.05, 3.63) is 101 Å². The fourth-order valence-electron chi connectivity index (χ4n) is 4.18. The van der Waals surface area contributed by atoms with Crippen LogP contribution < -0.4 is 10.6 Å². The normalized spacial score (nSPS) is 12.5. The van der Waals surface area contributed by atoms with Gasteiger partial charge in [-0.1, -0.05) is 66.2 Å². The molecule has 0 radical (unpaired) electrons. The van der Waals surface area contributed by atoms with Crippen molar-refractivity contribution in [1.82, 2.24) is 5.32 Å². The smallest absolute Gasteiger partial charge is 0.411 e. The third-order valence-corrected chi connectivity index (χ3v) is 6.01. The standard InChI is InChI=1S/C28H26N2O5/c1-17-11-12-25(23(15-17)26(31)29-14-13-18(2)27(32)33)30-28(34)35-16-24-21-9-5-3-7-19(21)20-8-4-6-10-22(20)24/h3-13,15,24H,14,16H2,1-2H3,(H,29,31)(H,30,34)(H,32,33)/b18-13+. The molecule has 0 aromatic heterocycles. The lowest BCUT2D eigenvalue weighted by Crippen LogP contribution is -2.26. The van der Waals surface area contributed by atoms with Crippen molar-refractivity contribution in [2.24, 2.45) is 0 Å². The van der Waals surface area contributed by atoms with E-state index in [0.717, 1.165) is 27.8 Å². The van der Waals surface area contributed by atoms with Crippen molar-refractivity contribution in [1.29, 1.82) is 0 Å². The lowest BCUT2D eigenvalue weighted by atomic mass is 9.98. The van der Waals surface area contributed by atoms with Crippen molar-refractivity contribution in [2.45, 2.75) is 19.8 Å². The van der Waals surface area contributed by atoms with Crippen molar-refractivity contribution >= 4 is 23.7 Å². The average Bonchev–Trinajstić information content (AvgIpc) is 3.17. The molecule has 3 aromatic carbocycles. The Morgan fingerprint density at radius 1 is 0.971 bits per heavy atom. The van der Waals surface area contributed by atoms with Gasteiger partial charge in [0, 0.05) is 18.0 Å². The molecule has 7 heteroatoms. The summed E-state index contributed by atoms with van der Waals surface area (Å²) in [5.74, 6) is -1.55. The van der Waals surface area contributed by atoms with Gasteiger partial charge >= 0.3 is 12.1 Å². The number of hydrogen-bond acceptors (Lipinski definition) is 4. The Bertz CT molecular complexity index is 1280. The summed E-state index contributed by atoms with van der Waals surface area (Å²) < 4.78 is 5.59. The lowest BCUT2D eigenvalue weighted by Gasteiger charge is -2.16. The molecular weight excluding hydrogens is 444 g/mol.